The van der Waals surface area contributed by atoms with E-state index in [0.717, 1.165) is 12.4 Å². The maximum Gasteiger partial charge on any atom is 0.122 e. The molecule has 0 aliphatic carbocycles. The van der Waals surface area contributed by atoms with Gasteiger partial charge in [0, 0.05) is 6.04 Å². The van der Waals surface area contributed by atoms with Crippen molar-refractivity contribution in [3.8, 4) is 5.75 Å². The third kappa shape index (κ3) is 3.22. The van der Waals surface area contributed by atoms with Crippen LogP contribution in [0.25, 0.3) is 0 Å². The molecule has 0 radical (unpaired) electrons. The van der Waals surface area contributed by atoms with Crippen molar-refractivity contribution in [2.75, 3.05) is 20.2 Å². The molecule has 2 heteroatoms. The molecule has 1 unspecified atom stereocenters. The van der Waals surface area contributed by atoms with Gasteiger partial charge in [-0.2, -0.15) is 0 Å². The van der Waals surface area contributed by atoms with Crippen LogP contribution in [-0.4, -0.2) is 31.1 Å². The minimum absolute atomic E-state index is 0.587. The van der Waals surface area contributed by atoms with Crippen LogP contribution in [0.4, 0.5) is 0 Å². The first-order chi connectivity index (χ1) is 8.16. The summed E-state index contributed by atoms with van der Waals surface area (Å²) in [6.07, 6.45) is 3.93. The van der Waals surface area contributed by atoms with Gasteiger partial charge in [-0.15, -0.1) is 0 Å². The van der Waals surface area contributed by atoms with Crippen molar-refractivity contribution in [1.29, 1.82) is 0 Å². The van der Waals surface area contributed by atoms with Crippen molar-refractivity contribution >= 4 is 0 Å². The topological polar surface area (TPSA) is 12.5 Å². The average molecular weight is 233 g/mol. The Hall–Kier alpha value is -1.02. The van der Waals surface area contributed by atoms with Crippen molar-refractivity contribution in [1.82, 2.24) is 4.90 Å². The van der Waals surface area contributed by atoms with Gasteiger partial charge in [0.2, 0.25) is 0 Å². The fourth-order valence-corrected chi connectivity index (χ4v) is 2.50. The third-order valence-electron chi connectivity index (χ3n) is 3.68. The number of rotatable bonds is 3. The van der Waals surface area contributed by atoms with Crippen molar-refractivity contribution < 1.29 is 4.74 Å². The van der Waals surface area contributed by atoms with E-state index in [1.807, 2.05) is 0 Å². The zero-order valence-corrected chi connectivity index (χ0v) is 11.2. The molecular formula is C15H23NO. The van der Waals surface area contributed by atoms with Crippen LogP contribution in [0.1, 0.15) is 30.4 Å². The Kier molecular flexibility index (Phi) is 4.06. The smallest absolute Gasteiger partial charge is 0.122 e. The largest absolute Gasteiger partial charge is 0.492 e. The highest BCUT2D eigenvalue weighted by atomic mass is 16.5. The molecule has 1 aliphatic rings. The molecular weight excluding hydrogens is 210 g/mol. The second-order valence-electron chi connectivity index (χ2n) is 5.21. The summed E-state index contributed by atoms with van der Waals surface area (Å²) >= 11 is 0. The molecule has 2 rings (SSSR count). The Morgan fingerprint density at radius 3 is 2.82 bits per heavy atom. The highest BCUT2D eigenvalue weighted by Crippen LogP contribution is 2.21. The van der Waals surface area contributed by atoms with Crippen LogP contribution in [-0.2, 0) is 0 Å². The SMILES string of the molecule is Cc1ccc(OCC2CCCCN2C)c(C)c1. The minimum atomic E-state index is 0.587. The van der Waals surface area contributed by atoms with Gasteiger partial charge in [0.1, 0.15) is 12.4 Å². The molecule has 1 aliphatic heterocycles. The second kappa shape index (κ2) is 5.54. The molecule has 0 aromatic heterocycles. The number of nitrogens with zero attached hydrogens (tertiary/aromatic N) is 1. The Labute approximate surface area is 105 Å². The molecule has 0 spiro atoms. The molecule has 17 heavy (non-hydrogen) atoms. The van der Waals surface area contributed by atoms with Gasteiger partial charge in [0.25, 0.3) is 0 Å². The van der Waals surface area contributed by atoms with Crippen molar-refractivity contribution in [3.63, 3.8) is 0 Å². The molecule has 2 nitrogen and oxygen atoms in total. The highest BCUT2D eigenvalue weighted by Gasteiger charge is 2.19. The summed E-state index contributed by atoms with van der Waals surface area (Å²) in [7, 11) is 2.20. The van der Waals surface area contributed by atoms with Crippen molar-refractivity contribution in [3.05, 3.63) is 29.3 Å². The van der Waals surface area contributed by atoms with Gasteiger partial charge >= 0.3 is 0 Å². The van der Waals surface area contributed by atoms with Crippen LogP contribution in [0.3, 0.4) is 0 Å². The Morgan fingerprint density at radius 1 is 1.29 bits per heavy atom. The molecule has 0 bridgehead atoms. The molecule has 1 saturated heterocycles. The Balaban J connectivity index is 1.92. The van der Waals surface area contributed by atoms with E-state index in [0.29, 0.717) is 6.04 Å². The number of piperidine rings is 1. The summed E-state index contributed by atoms with van der Waals surface area (Å²) in [4.78, 5) is 2.42. The number of hydrogen-bond donors (Lipinski definition) is 0. The summed E-state index contributed by atoms with van der Waals surface area (Å²) in [6, 6.07) is 6.98. The summed E-state index contributed by atoms with van der Waals surface area (Å²) in [6.45, 7) is 6.26. The standard InChI is InChI=1S/C15H23NO/c1-12-7-8-15(13(2)10-12)17-11-14-6-4-5-9-16(14)3/h7-8,10,14H,4-6,9,11H2,1-3H3. The number of likely N-dealkylation sites (tertiary alicyclic amines) is 1. The van der Waals surface area contributed by atoms with Crippen LogP contribution >= 0.6 is 0 Å². The summed E-state index contributed by atoms with van der Waals surface area (Å²) in [5.74, 6) is 1.04. The van der Waals surface area contributed by atoms with E-state index in [4.69, 9.17) is 4.74 Å². The molecule has 1 aromatic rings. The Bertz CT molecular complexity index is 375. The summed E-state index contributed by atoms with van der Waals surface area (Å²) < 4.78 is 5.96. The fraction of sp³-hybridized carbons (Fsp3) is 0.600. The maximum atomic E-state index is 5.96. The Morgan fingerprint density at radius 2 is 2.12 bits per heavy atom. The van der Waals surface area contributed by atoms with Gasteiger partial charge in [-0.25, -0.2) is 0 Å². The minimum Gasteiger partial charge on any atom is -0.492 e. The molecule has 0 N–H and O–H groups in total. The molecule has 1 fully saturated rings. The van der Waals surface area contributed by atoms with Gasteiger partial charge in [-0.05, 0) is 51.9 Å². The molecule has 1 aromatic carbocycles. The van der Waals surface area contributed by atoms with Crippen LogP contribution in [0.15, 0.2) is 18.2 Å². The van der Waals surface area contributed by atoms with Crippen LogP contribution in [0.2, 0.25) is 0 Å². The number of benzene rings is 1. The van der Waals surface area contributed by atoms with Crippen molar-refractivity contribution in [2.45, 2.75) is 39.2 Å². The monoisotopic (exact) mass is 233 g/mol. The predicted molar refractivity (Wildman–Crippen MR) is 71.7 cm³/mol. The molecule has 0 amide bonds. The normalized spacial score (nSPS) is 21.5. The number of ether oxygens (including phenoxy) is 1. The lowest BCUT2D eigenvalue weighted by Crippen LogP contribution is -2.40. The summed E-state index contributed by atoms with van der Waals surface area (Å²) in [5.41, 5.74) is 2.54. The number of aryl methyl sites for hydroxylation is 2. The molecule has 1 heterocycles. The first-order valence-corrected chi connectivity index (χ1v) is 6.57. The van der Waals surface area contributed by atoms with Gasteiger partial charge in [0.05, 0.1) is 0 Å². The lowest BCUT2D eigenvalue weighted by Gasteiger charge is -2.32. The third-order valence-corrected chi connectivity index (χ3v) is 3.68. The average Bonchev–Trinajstić information content (AvgIpc) is 2.30. The van der Waals surface area contributed by atoms with E-state index < -0.39 is 0 Å². The van der Waals surface area contributed by atoms with Gasteiger partial charge in [0.15, 0.2) is 0 Å². The second-order valence-corrected chi connectivity index (χ2v) is 5.21. The van der Waals surface area contributed by atoms with E-state index in [-0.39, 0.29) is 0 Å². The fourth-order valence-electron chi connectivity index (χ4n) is 2.50. The zero-order chi connectivity index (χ0) is 12.3. The van der Waals surface area contributed by atoms with E-state index in [1.54, 1.807) is 0 Å². The maximum absolute atomic E-state index is 5.96. The van der Waals surface area contributed by atoms with Crippen LogP contribution in [0.5, 0.6) is 5.75 Å². The number of hydrogen-bond acceptors (Lipinski definition) is 2. The van der Waals surface area contributed by atoms with Crippen molar-refractivity contribution in [2.24, 2.45) is 0 Å². The molecule has 0 saturated carbocycles. The van der Waals surface area contributed by atoms with E-state index in [1.165, 1.54) is 36.9 Å². The lowest BCUT2D eigenvalue weighted by atomic mass is 10.0. The number of likely N-dealkylation sites (N-methyl/N-ethyl adjacent to an activating group) is 1. The van der Waals surface area contributed by atoms with E-state index in [2.05, 4.69) is 44.0 Å². The quantitative estimate of drug-likeness (QED) is 0.795. The first kappa shape index (κ1) is 12.4. The van der Waals surface area contributed by atoms with E-state index in [9.17, 15) is 0 Å². The molecule has 94 valence electrons. The predicted octanol–water partition coefficient (Wildman–Crippen LogP) is 3.17. The van der Waals surface area contributed by atoms with E-state index >= 15 is 0 Å². The van der Waals surface area contributed by atoms with Crippen LogP contribution in [0, 0.1) is 13.8 Å². The van der Waals surface area contributed by atoms with Crippen LogP contribution < -0.4 is 4.74 Å². The van der Waals surface area contributed by atoms with Gasteiger partial charge < -0.3 is 9.64 Å². The van der Waals surface area contributed by atoms with Gasteiger partial charge in [-0.3, -0.25) is 0 Å². The lowest BCUT2D eigenvalue weighted by molar-refractivity contribution is 0.125. The van der Waals surface area contributed by atoms with Gasteiger partial charge in [-0.1, -0.05) is 24.1 Å². The highest BCUT2D eigenvalue weighted by molar-refractivity contribution is 5.35. The first-order valence-electron chi connectivity index (χ1n) is 6.57. The zero-order valence-electron chi connectivity index (χ0n) is 11.2. The molecule has 1 atom stereocenters. The summed E-state index contributed by atoms with van der Waals surface area (Å²) in [5, 5.41) is 0.